The fourth-order valence-electron chi connectivity index (χ4n) is 8.68. The van der Waals surface area contributed by atoms with Crippen LogP contribution < -0.4 is 14.2 Å². The topological polar surface area (TPSA) is 184 Å². The highest BCUT2D eigenvalue weighted by Gasteiger charge is 2.44. The Morgan fingerprint density at radius 3 is 1.48 bits per heavy atom. The molecule has 2 amide bonds. The van der Waals surface area contributed by atoms with Crippen LogP contribution in [0.1, 0.15) is 128 Å². The normalized spacial score (nSPS) is 22.5. The molecule has 0 aliphatic carbocycles. The number of carbonyl (C=O) groups excluding carboxylic acids is 2. The van der Waals surface area contributed by atoms with Crippen molar-refractivity contribution in [3.63, 3.8) is 0 Å². The van der Waals surface area contributed by atoms with Gasteiger partial charge in [0.1, 0.15) is 35.1 Å². The highest BCUT2D eigenvalue weighted by Crippen LogP contribution is 2.39. The number of aryl methyl sites for hydroxylation is 2. The Labute approximate surface area is 387 Å². The molecule has 4 fully saturated rings. The highest BCUT2D eigenvalue weighted by atomic mass is 35.5. The Morgan fingerprint density at radius 2 is 1.03 bits per heavy atom. The maximum atomic E-state index is 12.8. The molecule has 4 aromatic heterocycles. The molecule has 4 saturated heterocycles. The summed E-state index contributed by atoms with van der Waals surface area (Å²) in [4.78, 5) is 53.7. The van der Waals surface area contributed by atoms with Gasteiger partial charge in [0.05, 0.1) is 23.1 Å². The van der Waals surface area contributed by atoms with Gasteiger partial charge in [-0.2, -0.15) is 0 Å². The molecule has 0 spiro atoms. The van der Waals surface area contributed by atoms with Gasteiger partial charge in [0.15, 0.2) is 11.5 Å². The van der Waals surface area contributed by atoms with Crippen molar-refractivity contribution in [2.45, 2.75) is 181 Å². The van der Waals surface area contributed by atoms with Gasteiger partial charge in [-0.25, -0.2) is 29.5 Å². The largest absolute Gasteiger partial charge is 0.474 e. The van der Waals surface area contributed by atoms with E-state index in [0.29, 0.717) is 52.7 Å². The molecule has 352 valence electrons. The van der Waals surface area contributed by atoms with E-state index in [9.17, 15) is 14.7 Å². The Balaban J connectivity index is 0.000000178. The van der Waals surface area contributed by atoms with Gasteiger partial charge in [0.2, 0.25) is 17.6 Å². The van der Waals surface area contributed by atoms with Crippen molar-refractivity contribution < 1.29 is 38.4 Å². The molecule has 4 bridgehead atoms. The zero-order valence-corrected chi connectivity index (χ0v) is 40.2. The summed E-state index contributed by atoms with van der Waals surface area (Å²) in [5, 5.41) is 10.2. The number of carbonyl (C=O) groups is 2. The van der Waals surface area contributed by atoms with Gasteiger partial charge >= 0.3 is 12.2 Å². The summed E-state index contributed by atoms with van der Waals surface area (Å²) in [5.41, 5.74) is 2.11. The molecule has 0 aromatic carbocycles. The number of pyridine rings is 2. The number of aromatic nitrogens is 6. The van der Waals surface area contributed by atoms with E-state index in [0.717, 1.165) is 68.3 Å². The smallest absolute Gasteiger partial charge is 0.410 e. The fourth-order valence-corrected chi connectivity index (χ4v) is 8.81. The summed E-state index contributed by atoms with van der Waals surface area (Å²) < 4.78 is 29.1. The number of aliphatic hydroxyl groups excluding tert-OH is 1. The van der Waals surface area contributed by atoms with Crippen molar-refractivity contribution in [1.29, 1.82) is 0 Å². The first-order valence-corrected chi connectivity index (χ1v) is 23.0. The number of hydrogen-bond acceptors (Lipinski definition) is 14. The standard InChI is InChI=1S/C24H32N4O4.C13H23NO3.C11H10ClN3O/c1-15-21(26-14-27-22(15)31-20-10-7-11-25-16(20)2)30-19-12-17-8-6-9-18(13-19)28(17)23(29)32-24(3,4)5;1-13(2,3)17-12(16)14-9-5-4-6-10(14)8-11(15)7-9;1-7-10(12)14-6-15-11(7)16-9-4-3-5-13-8(9)2/h7,10-11,14,17-19H,6,8-9,12-13H2,1-5H3;9-11,15H,4-8H2,1-3H3;3-6H,1-2H3. The molecule has 17 heteroatoms. The lowest BCUT2D eigenvalue weighted by Gasteiger charge is -2.48. The number of hydrogen-bond donors (Lipinski definition) is 1. The summed E-state index contributed by atoms with van der Waals surface area (Å²) in [5.74, 6) is 2.75. The van der Waals surface area contributed by atoms with Crippen molar-refractivity contribution in [1.82, 2.24) is 39.7 Å². The first kappa shape index (κ1) is 49.1. The van der Waals surface area contributed by atoms with E-state index in [1.54, 1.807) is 18.5 Å². The second-order valence-electron chi connectivity index (χ2n) is 19.2. The molecule has 0 saturated carbocycles. The molecular weight excluding hydrogens is 852 g/mol. The maximum Gasteiger partial charge on any atom is 0.410 e. The average molecular weight is 918 g/mol. The molecule has 4 aliphatic heterocycles. The lowest BCUT2D eigenvalue weighted by atomic mass is 9.83. The van der Waals surface area contributed by atoms with E-state index in [-0.39, 0.29) is 48.6 Å². The minimum absolute atomic E-state index is 0.0226. The van der Waals surface area contributed by atoms with E-state index in [4.69, 9.17) is 35.3 Å². The SMILES string of the molecule is CC(C)(C)OC(=O)N1C2CCCC1CC(O)C2.Cc1ncccc1Oc1ncnc(Cl)c1C.Cc1ncccc1Oc1ncnc(OC2CC3CCCC(C2)N3C(=O)OC(C)(C)C)c1C. The summed E-state index contributed by atoms with van der Waals surface area (Å²) >= 11 is 5.87. The third-order valence-corrected chi connectivity index (χ3v) is 12.0. The molecule has 8 heterocycles. The van der Waals surface area contributed by atoms with Crippen molar-refractivity contribution >= 4 is 23.8 Å². The maximum absolute atomic E-state index is 12.8. The van der Waals surface area contributed by atoms with E-state index in [2.05, 4.69) is 29.9 Å². The number of rotatable bonds is 6. The van der Waals surface area contributed by atoms with Crippen LogP contribution in [0.3, 0.4) is 0 Å². The zero-order valence-electron chi connectivity index (χ0n) is 39.4. The predicted octanol–water partition coefficient (Wildman–Crippen LogP) is 10.2. The summed E-state index contributed by atoms with van der Waals surface area (Å²) in [6.07, 6.45) is 14.7. The Morgan fingerprint density at radius 1 is 0.615 bits per heavy atom. The number of amides is 2. The molecule has 4 unspecified atom stereocenters. The van der Waals surface area contributed by atoms with E-state index >= 15 is 0 Å². The monoisotopic (exact) mass is 916 g/mol. The number of ether oxygens (including phenoxy) is 5. The van der Waals surface area contributed by atoms with Crippen LogP contribution in [0.5, 0.6) is 29.1 Å². The Bertz CT molecular complexity index is 2230. The van der Waals surface area contributed by atoms with E-state index < -0.39 is 11.2 Å². The van der Waals surface area contributed by atoms with Crippen molar-refractivity contribution in [3.05, 3.63) is 77.0 Å². The molecule has 0 radical (unpaired) electrons. The zero-order chi connectivity index (χ0) is 47.1. The number of fused-ring (bicyclic) bond motifs is 4. The predicted molar refractivity (Wildman–Crippen MR) is 245 cm³/mol. The third-order valence-electron chi connectivity index (χ3n) is 11.7. The van der Waals surface area contributed by atoms with Crippen LogP contribution in [0.4, 0.5) is 9.59 Å². The summed E-state index contributed by atoms with van der Waals surface area (Å²) in [7, 11) is 0. The van der Waals surface area contributed by atoms with Crippen LogP contribution in [0.2, 0.25) is 5.15 Å². The van der Waals surface area contributed by atoms with Crippen molar-refractivity contribution in [2.75, 3.05) is 0 Å². The summed E-state index contributed by atoms with van der Waals surface area (Å²) in [6.45, 7) is 18.8. The van der Waals surface area contributed by atoms with Crippen LogP contribution in [0.15, 0.2) is 49.3 Å². The van der Waals surface area contributed by atoms with E-state index in [1.807, 2.05) is 97.2 Å². The van der Waals surface area contributed by atoms with Crippen LogP contribution in [-0.2, 0) is 9.47 Å². The molecule has 4 aromatic rings. The molecule has 4 atom stereocenters. The molecule has 16 nitrogen and oxygen atoms in total. The lowest BCUT2D eigenvalue weighted by molar-refractivity contribution is -0.0458. The third kappa shape index (κ3) is 13.4. The number of piperidine rings is 4. The molecule has 8 rings (SSSR count). The quantitative estimate of drug-likeness (QED) is 0.180. The van der Waals surface area contributed by atoms with Gasteiger partial charge in [-0.15, -0.1) is 0 Å². The molecule has 65 heavy (non-hydrogen) atoms. The van der Waals surface area contributed by atoms with Crippen molar-refractivity contribution in [2.24, 2.45) is 0 Å². The van der Waals surface area contributed by atoms with Gasteiger partial charge in [0, 0.05) is 55.0 Å². The molecule has 4 aliphatic rings. The van der Waals surface area contributed by atoms with Crippen LogP contribution in [0, 0.1) is 27.7 Å². The van der Waals surface area contributed by atoms with Crippen LogP contribution in [0.25, 0.3) is 0 Å². The molecular formula is C48H65ClN8O8. The first-order valence-electron chi connectivity index (χ1n) is 22.6. The highest BCUT2D eigenvalue weighted by molar-refractivity contribution is 6.30. The molecule has 1 N–H and O–H groups in total. The number of nitrogens with zero attached hydrogens (tertiary/aromatic N) is 8. The second kappa shape index (κ2) is 21.3. The van der Waals surface area contributed by atoms with E-state index in [1.165, 1.54) is 12.7 Å². The second-order valence-corrected chi connectivity index (χ2v) is 19.5. The van der Waals surface area contributed by atoms with Gasteiger partial charge in [-0.3, -0.25) is 9.97 Å². The lowest BCUT2D eigenvalue weighted by Crippen LogP contribution is -2.57. The van der Waals surface area contributed by atoms with Crippen molar-refractivity contribution in [3.8, 4) is 29.1 Å². The van der Waals surface area contributed by atoms with Gasteiger partial charge in [-0.1, -0.05) is 11.6 Å². The Kier molecular flexibility index (Phi) is 16.1. The Hall–Kier alpha value is -5.35. The van der Waals surface area contributed by atoms with Crippen LogP contribution >= 0.6 is 11.6 Å². The fraction of sp³-hybridized carbons (Fsp3) is 0.583. The van der Waals surface area contributed by atoms with Gasteiger partial charge < -0.3 is 38.6 Å². The number of aliphatic hydroxyl groups is 1. The van der Waals surface area contributed by atoms with Gasteiger partial charge in [0.25, 0.3) is 0 Å². The average Bonchev–Trinajstić information content (AvgIpc) is 3.21. The minimum Gasteiger partial charge on any atom is -0.474 e. The summed E-state index contributed by atoms with van der Waals surface area (Å²) in [6, 6.07) is 7.92. The van der Waals surface area contributed by atoms with Gasteiger partial charge in [-0.05, 0) is 145 Å². The first-order chi connectivity index (χ1) is 30.8. The van der Waals surface area contributed by atoms with Crippen LogP contribution in [-0.4, -0.2) is 105 Å². The minimum atomic E-state index is -0.500. The number of halogens is 1.